The number of rotatable bonds is 7. The lowest BCUT2D eigenvalue weighted by molar-refractivity contribution is 0.0917. The Morgan fingerprint density at radius 2 is 1.92 bits per heavy atom. The predicted octanol–water partition coefficient (Wildman–Crippen LogP) is 2.02. The molecule has 1 atom stereocenters. The molecule has 0 aliphatic rings. The summed E-state index contributed by atoms with van der Waals surface area (Å²) >= 11 is 0. The first kappa shape index (κ1) is 17.9. The van der Waals surface area contributed by atoms with E-state index in [0.717, 1.165) is 5.56 Å². The van der Waals surface area contributed by atoms with Crippen molar-refractivity contribution >= 4 is 5.91 Å². The van der Waals surface area contributed by atoms with Crippen LogP contribution in [0.4, 0.5) is 0 Å². The highest BCUT2D eigenvalue weighted by atomic mass is 16.5. The van der Waals surface area contributed by atoms with Crippen molar-refractivity contribution in [3.8, 4) is 0 Å². The molecule has 1 amide bonds. The lowest BCUT2D eigenvalue weighted by Crippen LogP contribution is -2.34. The molecule has 1 aromatic carbocycles. The zero-order valence-corrected chi connectivity index (χ0v) is 14.2. The Hall–Kier alpha value is -2.47. The van der Waals surface area contributed by atoms with Gasteiger partial charge in [0, 0.05) is 13.2 Å². The monoisotopic (exact) mass is 329 g/mol. The van der Waals surface area contributed by atoms with Gasteiger partial charge in [0.15, 0.2) is 0 Å². The van der Waals surface area contributed by atoms with Crippen molar-refractivity contribution in [1.29, 1.82) is 0 Å². The second-order valence-electron chi connectivity index (χ2n) is 5.88. The van der Waals surface area contributed by atoms with E-state index < -0.39 is 0 Å². The van der Waals surface area contributed by atoms with E-state index in [2.05, 4.69) is 10.4 Å². The van der Waals surface area contributed by atoms with Gasteiger partial charge in [0.25, 0.3) is 11.5 Å². The van der Waals surface area contributed by atoms with Crippen LogP contribution in [0.15, 0.2) is 47.3 Å². The van der Waals surface area contributed by atoms with Gasteiger partial charge in [-0.2, -0.15) is 5.10 Å². The van der Waals surface area contributed by atoms with E-state index in [0.29, 0.717) is 13.2 Å². The van der Waals surface area contributed by atoms with Crippen LogP contribution in [0.25, 0.3) is 0 Å². The maximum Gasteiger partial charge on any atom is 0.272 e. The molecular weight excluding hydrogens is 306 g/mol. The summed E-state index contributed by atoms with van der Waals surface area (Å²) in [4.78, 5) is 24.3. The van der Waals surface area contributed by atoms with Gasteiger partial charge in [0.2, 0.25) is 0 Å². The highest BCUT2D eigenvalue weighted by molar-refractivity contribution is 5.92. The van der Waals surface area contributed by atoms with Gasteiger partial charge in [0.1, 0.15) is 5.69 Å². The molecule has 6 nitrogen and oxygen atoms in total. The molecule has 6 heteroatoms. The minimum absolute atomic E-state index is 0.125. The van der Waals surface area contributed by atoms with E-state index in [1.165, 1.54) is 16.8 Å². The molecular formula is C18H23N3O3. The number of hydrogen-bond donors (Lipinski definition) is 1. The van der Waals surface area contributed by atoms with Crippen LogP contribution in [0.1, 0.15) is 35.9 Å². The number of ether oxygens (including phenoxy) is 1. The second kappa shape index (κ2) is 8.40. The first-order valence-corrected chi connectivity index (χ1v) is 7.96. The number of nitrogens with one attached hydrogen (secondary N) is 1. The molecule has 0 bridgehead atoms. The number of hydrogen-bond acceptors (Lipinski definition) is 4. The first-order chi connectivity index (χ1) is 11.5. The number of nitrogens with zero attached hydrogens (tertiary/aromatic N) is 2. The van der Waals surface area contributed by atoms with E-state index in [9.17, 15) is 9.59 Å². The third-order valence-electron chi connectivity index (χ3n) is 3.72. The molecule has 1 heterocycles. The number of methoxy groups -OCH3 is 1. The van der Waals surface area contributed by atoms with Crippen molar-refractivity contribution in [1.82, 2.24) is 15.1 Å². The van der Waals surface area contributed by atoms with Crippen molar-refractivity contribution in [3.05, 3.63) is 64.1 Å². The Balaban J connectivity index is 2.20. The smallest absolute Gasteiger partial charge is 0.272 e. The number of benzene rings is 1. The number of carbonyl (C=O) groups excluding carboxylic acids is 1. The van der Waals surface area contributed by atoms with Gasteiger partial charge in [-0.05, 0) is 17.5 Å². The maximum absolute atomic E-state index is 12.5. The summed E-state index contributed by atoms with van der Waals surface area (Å²) in [6, 6.07) is 12.5. The fourth-order valence-electron chi connectivity index (χ4n) is 2.42. The Morgan fingerprint density at radius 3 is 2.54 bits per heavy atom. The third-order valence-corrected chi connectivity index (χ3v) is 3.72. The van der Waals surface area contributed by atoms with E-state index in [4.69, 9.17) is 4.74 Å². The largest absolute Gasteiger partial charge is 0.383 e. The maximum atomic E-state index is 12.5. The molecule has 0 unspecified atom stereocenters. The topological polar surface area (TPSA) is 73.2 Å². The molecule has 0 saturated heterocycles. The molecule has 0 spiro atoms. The van der Waals surface area contributed by atoms with Gasteiger partial charge >= 0.3 is 0 Å². The van der Waals surface area contributed by atoms with Crippen LogP contribution in [-0.2, 0) is 11.3 Å². The Kier molecular flexibility index (Phi) is 6.26. The van der Waals surface area contributed by atoms with Crippen LogP contribution < -0.4 is 10.9 Å². The van der Waals surface area contributed by atoms with Gasteiger partial charge in [0.05, 0.1) is 19.2 Å². The Bertz CT molecular complexity index is 726. The van der Waals surface area contributed by atoms with Gasteiger partial charge in [-0.15, -0.1) is 0 Å². The molecule has 2 rings (SSSR count). The van der Waals surface area contributed by atoms with Crippen molar-refractivity contribution in [2.45, 2.75) is 26.4 Å². The molecule has 128 valence electrons. The Morgan fingerprint density at radius 1 is 1.21 bits per heavy atom. The van der Waals surface area contributed by atoms with E-state index in [1.807, 2.05) is 44.2 Å². The summed E-state index contributed by atoms with van der Waals surface area (Å²) in [5, 5.41) is 7.13. The molecule has 0 radical (unpaired) electrons. The third kappa shape index (κ3) is 4.52. The van der Waals surface area contributed by atoms with Gasteiger partial charge in [-0.3, -0.25) is 9.59 Å². The molecule has 0 fully saturated rings. The lowest BCUT2D eigenvalue weighted by Gasteiger charge is -2.22. The zero-order chi connectivity index (χ0) is 17.5. The SMILES string of the molecule is COCCn1nc(C(=O)N[C@H](c2ccccc2)C(C)C)ccc1=O. The molecule has 0 aliphatic carbocycles. The summed E-state index contributed by atoms with van der Waals surface area (Å²) in [7, 11) is 1.55. The van der Waals surface area contributed by atoms with Crippen molar-refractivity contribution < 1.29 is 9.53 Å². The fraction of sp³-hybridized carbons (Fsp3) is 0.389. The fourth-order valence-corrected chi connectivity index (χ4v) is 2.42. The normalized spacial score (nSPS) is 12.2. The van der Waals surface area contributed by atoms with E-state index in [-0.39, 0.29) is 29.1 Å². The van der Waals surface area contributed by atoms with Crippen LogP contribution in [-0.4, -0.2) is 29.4 Å². The van der Waals surface area contributed by atoms with Gasteiger partial charge < -0.3 is 10.1 Å². The second-order valence-corrected chi connectivity index (χ2v) is 5.88. The lowest BCUT2D eigenvalue weighted by atomic mass is 9.96. The molecule has 24 heavy (non-hydrogen) atoms. The van der Waals surface area contributed by atoms with Crippen molar-refractivity contribution in [3.63, 3.8) is 0 Å². The van der Waals surface area contributed by atoms with Crippen LogP contribution in [0.3, 0.4) is 0 Å². The summed E-state index contributed by atoms with van der Waals surface area (Å²) in [6.07, 6.45) is 0. The van der Waals surface area contributed by atoms with Crippen molar-refractivity contribution in [2.24, 2.45) is 5.92 Å². The minimum Gasteiger partial charge on any atom is -0.383 e. The summed E-state index contributed by atoms with van der Waals surface area (Å²) in [6.45, 7) is 4.76. The van der Waals surface area contributed by atoms with E-state index >= 15 is 0 Å². The molecule has 0 saturated carbocycles. The quantitative estimate of drug-likeness (QED) is 0.843. The number of carbonyl (C=O) groups is 1. The van der Waals surface area contributed by atoms with Crippen LogP contribution in [0.5, 0.6) is 0 Å². The number of amides is 1. The summed E-state index contributed by atoms with van der Waals surface area (Å²) in [5.41, 5.74) is 0.993. The predicted molar refractivity (Wildman–Crippen MR) is 91.9 cm³/mol. The summed E-state index contributed by atoms with van der Waals surface area (Å²) < 4.78 is 6.20. The van der Waals surface area contributed by atoms with Crippen LogP contribution in [0.2, 0.25) is 0 Å². The highest BCUT2D eigenvalue weighted by Gasteiger charge is 2.20. The van der Waals surface area contributed by atoms with Crippen LogP contribution in [0, 0.1) is 5.92 Å². The van der Waals surface area contributed by atoms with Crippen molar-refractivity contribution in [2.75, 3.05) is 13.7 Å². The molecule has 0 aliphatic heterocycles. The molecule has 2 aromatic rings. The Labute approximate surface area is 141 Å². The zero-order valence-electron chi connectivity index (χ0n) is 14.2. The van der Waals surface area contributed by atoms with Gasteiger partial charge in [-0.1, -0.05) is 44.2 Å². The first-order valence-electron chi connectivity index (χ1n) is 7.96. The van der Waals surface area contributed by atoms with Crippen LogP contribution >= 0.6 is 0 Å². The average molecular weight is 329 g/mol. The standard InChI is InChI=1S/C18H23N3O3/c1-13(2)17(14-7-5-4-6-8-14)19-18(23)15-9-10-16(22)21(20-15)11-12-24-3/h4-10,13,17H,11-12H2,1-3H3,(H,19,23)/t17-/m0/s1. The summed E-state index contributed by atoms with van der Waals surface area (Å²) in [5.74, 6) is -0.0838. The van der Waals surface area contributed by atoms with E-state index in [1.54, 1.807) is 7.11 Å². The minimum atomic E-state index is -0.302. The average Bonchev–Trinajstić information content (AvgIpc) is 2.59. The highest BCUT2D eigenvalue weighted by Crippen LogP contribution is 2.21. The molecule has 1 aromatic heterocycles. The van der Waals surface area contributed by atoms with Gasteiger partial charge in [-0.25, -0.2) is 4.68 Å². The number of aromatic nitrogens is 2. The molecule has 1 N–H and O–H groups in total.